The van der Waals surface area contributed by atoms with Crippen LogP contribution < -0.4 is 5.32 Å². The molecule has 0 aliphatic carbocycles. The molecule has 0 bridgehead atoms. The minimum Gasteiger partial charge on any atom is -0.311 e. The first-order valence-corrected chi connectivity index (χ1v) is 7.63. The van der Waals surface area contributed by atoms with Crippen molar-refractivity contribution in [3.63, 3.8) is 0 Å². The number of hydrogen-bond donors (Lipinski definition) is 1. The highest BCUT2D eigenvalue weighted by Gasteiger charge is 2.39. The number of rotatable bonds is 1. The van der Waals surface area contributed by atoms with Crippen LogP contribution in [0.2, 0.25) is 0 Å². The summed E-state index contributed by atoms with van der Waals surface area (Å²) >= 11 is 0. The molecule has 0 fully saturated rings. The van der Waals surface area contributed by atoms with Gasteiger partial charge in [0, 0.05) is 17.9 Å². The monoisotopic (exact) mass is 337 g/mol. The Labute approximate surface area is 137 Å². The summed E-state index contributed by atoms with van der Waals surface area (Å²) in [6.45, 7) is 5.75. The van der Waals surface area contributed by atoms with E-state index in [2.05, 4.69) is 10.4 Å². The first-order valence-electron chi connectivity index (χ1n) is 7.63. The van der Waals surface area contributed by atoms with Crippen LogP contribution in [0.5, 0.6) is 0 Å². The number of fused-ring (bicyclic) bond motifs is 1. The molecule has 7 heteroatoms. The summed E-state index contributed by atoms with van der Waals surface area (Å²) in [5, 5.41) is 7.05. The Morgan fingerprint density at radius 1 is 1.17 bits per heavy atom. The molecule has 4 nitrogen and oxygen atoms in total. The molecule has 1 amide bonds. The fraction of sp³-hybridized carbons (Fsp3) is 0.412. The van der Waals surface area contributed by atoms with Gasteiger partial charge in [-0.25, -0.2) is 4.68 Å². The number of hydrogen-bond acceptors (Lipinski definition) is 2. The van der Waals surface area contributed by atoms with Gasteiger partial charge in [0.1, 0.15) is 5.82 Å². The Morgan fingerprint density at radius 2 is 1.83 bits per heavy atom. The van der Waals surface area contributed by atoms with Crippen LogP contribution in [-0.2, 0) is 16.5 Å². The van der Waals surface area contributed by atoms with Gasteiger partial charge in [-0.3, -0.25) is 4.79 Å². The van der Waals surface area contributed by atoms with Gasteiger partial charge in [0.15, 0.2) is 0 Å². The molecule has 0 radical (unpaired) electrons. The number of nitrogens with zero attached hydrogens (tertiary/aromatic N) is 2. The average Bonchev–Trinajstić information content (AvgIpc) is 2.89. The lowest BCUT2D eigenvalue weighted by atomic mass is 9.84. The molecule has 1 aromatic heterocycles. The van der Waals surface area contributed by atoms with Crippen molar-refractivity contribution in [1.29, 1.82) is 0 Å². The number of carbonyl (C=O) groups is 1. The molecular weight excluding hydrogens is 319 g/mol. The van der Waals surface area contributed by atoms with Crippen LogP contribution in [-0.4, -0.2) is 15.7 Å². The van der Waals surface area contributed by atoms with Gasteiger partial charge < -0.3 is 5.32 Å². The summed E-state index contributed by atoms with van der Waals surface area (Å²) in [6, 6.07) is 5.40. The van der Waals surface area contributed by atoms with Gasteiger partial charge in [-0.15, -0.1) is 0 Å². The molecule has 1 N–H and O–H groups in total. The van der Waals surface area contributed by atoms with E-state index in [4.69, 9.17) is 0 Å². The maximum atomic E-state index is 13.3. The standard InChI is InChI=1S/C17H18F3N3O/c1-16(2,3)23-15-12(9-21-23)11(8-14(24)22-15)10-6-4-5-7-13(10)17(18,19)20/h4-7,9,11H,8H2,1-3H3,(H,22,24)/t11-/m1/s1. The number of amides is 1. The molecule has 1 aromatic carbocycles. The zero-order valence-electron chi connectivity index (χ0n) is 13.6. The quantitative estimate of drug-likeness (QED) is 0.850. The van der Waals surface area contributed by atoms with E-state index in [9.17, 15) is 18.0 Å². The Balaban J connectivity index is 2.17. The number of aromatic nitrogens is 2. The molecule has 2 heterocycles. The predicted octanol–water partition coefficient (Wildman–Crippen LogP) is 4.13. The second-order valence-corrected chi connectivity index (χ2v) is 6.92. The van der Waals surface area contributed by atoms with Crippen molar-refractivity contribution in [2.24, 2.45) is 0 Å². The summed E-state index contributed by atoms with van der Waals surface area (Å²) in [6.07, 6.45) is -2.95. The number of benzene rings is 1. The maximum absolute atomic E-state index is 13.3. The SMILES string of the molecule is CC(C)(C)n1ncc2c1NC(=O)C[C@@H]2c1ccccc1C(F)(F)F. The van der Waals surface area contributed by atoms with Crippen LogP contribution in [0.3, 0.4) is 0 Å². The van der Waals surface area contributed by atoms with E-state index in [0.29, 0.717) is 11.4 Å². The second-order valence-electron chi connectivity index (χ2n) is 6.92. The van der Waals surface area contributed by atoms with E-state index in [1.807, 2.05) is 20.8 Å². The Bertz CT molecular complexity index is 787. The molecule has 0 saturated carbocycles. The van der Waals surface area contributed by atoms with Crippen LogP contribution in [0.4, 0.5) is 19.0 Å². The smallest absolute Gasteiger partial charge is 0.311 e. The fourth-order valence-corrected chi connectivity index (χ4v) is 3.06. The molecule has 0 saturated heterocycles. The summed E-state index contributed by atoms with van der Waals surface area (Å²) in [7, 11) is 0. The van der Waals surface area contributed by atoms with Gasteiger partial charge in [0.05, 0.1) is 17.3 Å². The van der Waals surface area contributed by atoms with E-state index in [-0.39, 0.29) is 17.9 Å². The third-order valence-corrected chi connectivity index (χ3v) is 4.10. The van der Waals surface area contributed by atoms with Gasteiger partial charge in [-0.2, -0.15) is 18.3 Å². The summed E-state index contributed by atoms with van der Waals surface area (Å²) < 4.78 is 41.7. The van der Waals surface area contributed by atoms with Crippen LogP contribution in [0.1, 0.15) is 49.8 Å². The zero-order chi connectivity index (χ0) is 17.7. The van der Waals surface area contributed by atoms with Crippen molar-refractivity contribution in [3.8, 4) is 0 Å². The van der Waals surface area contributed by atoms with E-state index in [0.717, 1.165) is 6.07 Å². The molecule has 1 atom stereocenters. The van der Waals surface area contributed by atoms with Gasteiger partial charge in [-0.05, 0) is 32.4 Å². The topological polar surface area (TPSA) is 46.9 Å². The predicted molar refractivity (Wildman–Crippen MR) is 83.8 cm³/mol. The minimum absolute atomic E-state index is 0.0318. The average molecular weight is 337 g/mol. The molecule has 0 unspecified atom stereocenters. The summed E-state index contributed by atoms with van der Waals surface area (Å²) in [4.78, 5) is 12.1. The van der Waals surface area contributed by atoms with E-state index in [1.165, 1.54) is 12.1 Å². The van der Waals surface area contributed by atoms with Crippen molar-refractivity contribution in [2.75, 3.05) is 5.32 Å². The summed E-state index contributed by atoms with van der Waals surface area (Å²) in [5.41, 5.74) is -0.387. The van der Waals surface area contributed by atoms with Crippen LogP contribution in [0, 0.1) is 0 Å². The third-order valence-electron chi connectivity index (χ3n) is 4.10. The normalized spacial score (nSPS) is 18.2. The number of alkyl halides is 3. The first kappa shape index (κ1) is 16.5. The molecule has 128 valence electrons. The maximum Gasteiger partial charge on any atom is 0.416 e. The lowest BCUT2D eigenvalue weighted by Gasteiger charge is -2.29. The first-order chi connectivity index (χ1) is 11.1. The highest BCUT2D eigenvalue weighted by molar-refractivity contribution is 5.94. The van der Waals surface area contributed by atoms with Crippen molar-refractivity contribution in [3.05, 3.63) is 47.2 Å². The van der Waals surface area contributed by atoms with Gasteiger partial charge in [-0.1, -0.05) is 18.2 Å². The number of halogens is 3. The molecule has 0 spiro atoms. The summed E-state index contributed by atoms with van der Waals surface area (Å²) in [5.74, 6) is -0.501. The van der Waals surface area contributed by atoms with Gasteiger partial charge in [0.25, 0.3) is 0 Å². The molecule has 3 rings (SSSR count). The van der Waals surface area contributed by atoms with E-state index in [1.54, 1.807) is 16.9 Å². The highest BCUT2D eigenvalue weighted by atomic mass is 19.4. The van der Waals surface area contributed by atoms with E-state index < -0.39 is 23.2 Å². The van der Waals surface area contributed by atoms with Gasteiger partial charge in [0.2, 0.25) is 5.91 Å². The number of carbonyl (C=O) groups excluding carboxylic acids is 1. The molecule has 1 aliphatic heterocycles. The zero-order valence-corrected chi connectivity index (χ0v) is 13.6. The molecule has 24 heavy (non-hydrogen) atoms. The lowest BCUT2D eigenvalue weighted by molar-refractivity contribution is -0.138. The van der Waals surface area contributed by atoms with Crippen molar-refractivity contribution < 1.29 is 18.0 Å². The van der Waals surface area contributed by atoms with Crippen molar-refractivity contribution in [2.45, 2.75) is 44.8 Å². The highest BCUT2D eigenvalue weighted by Crippen LogP contribution is 2.43. The van der Waals surface area contributed by atoms with Crippen LogP contribution >= 0.6 is 0 Å². The minimum atomic E-state index is -4.47. The van der Waals surface area contributed by atoms with Gasteiger partial charge >= 0.3 is 6.18 Å². The second kappa shape index (κ2) is 5.36. The third kappa shape index (κ3) is 2.79. The number of anilines is 1. The number of nitrogens with one attached hydrogen (secondary N) is 1. The lowest BCUT2D eigenvalue weighted by Crippen LogP contribution is -2.30. The molecular formula is C17H18F3N3O. The van der Waals surface area contributed by atoms with Crippen LogP contribution in [0.25, 0.3) is 0 Å². The van der Waals surface area contributed by atoms with E-state index >= 15 is 0 Å². The van der Waals surface area contributed by atoms with Crippen molar-refractivity contribution >= 4 is 11.7 Å². The largest absolute Gasteiger partial charge is 0.416 e. The molecule has 1 aliphatic rings. The van der Waals surface area contributed by atoms with Crippen molar-refractivity contribution in [1.82, 2.24) is 9.78 Å². The Hall–Kier alpha value is -2.31. The Kier molecular flexibility index (Phi) is 3.69. The Morgan fingerprint density at radius 3 is 2.46 bits per heavy atom. The fourth-order valence-electron chi connectivity index (χ4n) is 3.06. The van der Waals surface area contributed by atoms with Crippen LogP contribution in [0.15, 0.2) is 30.5 Å². The molecule has 2 aromatic rings.